The Labute approximate surface area is 79.4 Å². The number of hydrogen-bond donors (Lipinski definition) is 1. The molecule has 0 aliphatic carbocycles. The van der Waals surface area contributed by atoms with Gasteiger partial charge in [-0.05, 0) is 20.8 Å². The first-order valence-electron chi connectivity index (χ1n) is 3.78. The highest BCUT2D eigenvalue weighted by molar-refractivity contribution is 7.09. The molecule has 0 spiro atoms. The van der Waals surface area contributed by atoms with Crippen LogP contribution in [-0.4, -0.2) is 21.3 Å². The second kappa shape index (κ2) is 3.53. The topological polar surface area (TPSA) is 37.8 Å². The van der Waals surface area contributed by atoms with E-state index in [9.17, 15) is 8.78 Å². The van der Waals surface area contributed by atoms with Gasteiger partial charge in [-0.1, -0.05) is 0 Å². The zero-order valence-electron chi connectivity index (χ0n) is 7.64. The summed E-state index contributed by atoms with van der Waals surface area (Å²) in [6, 6.07) is 0. The van der Waals surface area contributed by atoms with Crippen LogP contribution in [0.4, 0.5) is 13.9 Å². The molecule has 1 heterocycles. The standard InChI is InChI=1S/C7H11F2N3S/c1-4-10-6(13-12-4)11-7(2,3)5(8)9/h5H,1-3H3,(H,10,11,12). The highest BCUT2D eigenvalue weighted by Gasteiger charge is 2.30. The molecule has 0 fully saturated rings. The lowest BCUT2D eigenvalue weighted by Gasteiger charge is -2.24. The maximum absolute atomic E-state index is 12.4. The quantitative estimate of drug-likeness (QED) is 0.826. The Balaban J connectivity index is 2.68. The molecule has 74 valence electrons. The van der Waals surface area contributed by atoms with Crippen molar-refractivity contribution in [1.82, 2.24) is 9.36 Å². The number of rotatable bonds is 3. The summed E-state index contributed by atoms with van der Waals surface area (Å²) in [4.78, 5) is 3.94. The van der Waals surface area contributed by atoms with Crippen molar-refractivity contribution in [2.24, 2.45) is 0 Å². The van der Waals surface area contributed by atoms with Crippen LogP contribution >= 0.6 is 11.5 Å². The summed E-state index contributed by atoms with van der Waals surface area (Å²) in [5, 5.41) is 3.07. The molecule has 0 saturated heterocycles. The van der Waals surface area contributed by atoms with Crippen molar-refractivity contribution in [3.8, 4) is 0 Å². The molecule has 1 N–H and O–H groups in total. The molecule has 0 aliphatic rings. The van der Waals surface area contributed by atoms with Crippen molar-refractivity contribution in [2.45, 2.75) is 32.7 Å². The molecule has 0 saturated carbocycles. The first kappa shape index (κ1) is 10.3. The molecule has 0 bridgehead atoms. The van der Waals surface area contributed by atoms with Gasteiger partial charge in [-0.3, -0.25) is 0 Å². The van der Waals surface area contributed by atoms with Crippen LogP contribution in [0, 0.1) is 6.92 Å². The van der Waals surface area contributed by atoms with Crippen LogP contribution in [-0.2, 0) is 0 Å². The van der Waals surface area contributed by atoms with E-state index in [4.69, 9.17) is 0 Å². The van der Waals surface area contributed by atoms with Gasteiger partial charge in [0, 0.05) is 11.5 Å². The van der Waals surface area contributed by atoms with E-state index in [2.05, 4.69) is 14.7 Å². The van der Waals surface area contributed by atoms with E-state index in [1.54, 1.807) is 6.92 Å². The van der Waals surface area contributed by atoms with Crippen LogP contribution in [0.15, 0.2) is 0 Å². The SMILES string of the molecule is Cc1nsc(NC(C)(C)C(F)F)n1. The van der Waals surface area contributed by atoms with Crippen LogP contribution in [0.3, 0.4) is 0 Å². The minimum Gasteiger partial charge on any atom is -0.350 e. The van der Waals surface area contributed by atoms with Gasteiger partial charge in [-0.15, -0.1) is 0 Å². The third-order valence-electron chi connectivity index (χ3n) is 1.50. The average molecular weight is 207 g/mol. The lowest BCUT2D eigenvalue weighted by molar-refractivity contribution is 0.0849. The summed E-state index contributed by atoms with van der Waals surface area (Å²) >= 11 is 1.09. The molecule has 3 nitrogen and oxygen atoms in total. The lowest BCUT2D eigenvalue weighted by Crippen LogP contribution is -2.38. The van der Waals surface area contributed by atoms with Crippen LogP contribution in [0.5, 0.6) is 0 Å². The molecule has 1 rings (SSSR count). The van der Waals surface area contributed by atoms with E-state index in [1.807, 2.05) is 0 Å². The van der Waals surface area contributed by atoms with E-state index in [0.717, 1.165) is 11.5 Å². The second-order valence-electron chi connectivity index (χ2n) is 3.29. The van der Waals surface area contributed by atoms with Crippen molar-refractivity contribution in [2.75, 3.05) is 5.32 Å². The van der Waals surface area contributed by atoms with Crippen molar-refractivity contribution >= 4 is 16.7 Å². The van der Waals surface area contributed by atoms with Gasteiger partial charge in [0.2, 0.25) is 5.13 Å². The summed E-state index contributed by atoms with van der Waals surface area (Å²) in [7, 11) is 0. The van der Waals surface area contributed by atoms with E-state index >= 15 is 0 Å². The van der Waals surface area contributed by atoms with Gasteiger partial charge in [0.1, 0.15) is 5.82 Å². The largest absolute Gasteiger partial charge is 0.350 e. The maximum atomic E-state index is 12.4. The maximum Gasteiger partial charge on any atom is 0.260 e. The molecule has 1 aromatic heterocycles. The van der Waals surface area contributed by atoms with Crippen molar-refractivity contribution < 1.29 is 8.78 Å². The molecular formula is C7H11F2N3S. The van der Waals surface area contributed by atoms with E-state index in [0.29, 0.717) is 11.0 Å². The third-order valence-corrected chi connectivity index (χ3v) is 2.22. The molecule has 0 aromatic carbocycles. The molecule has 6 heteroatoms. The second-order valence-corrected chi connectivity index (χ2v) is 4.05. The molecule has 0 aliphatic heterocycles. The highest BCUT2D eigenvalue weighted by Crippen LogP contribution is 2.22. The van der Waals surface area contributed by atoms with E-state index in [-0.39, 0.29) is 0 Å². The Kier molecular flexibility index (Phi) is 2.80. The Morgan fingerprint density at radius 1 is 1.46 bits per heavy atom. The predicted molar refractivity (Wildman–Crippen MR) is 48.4 cm³/mol. The van der Waals surface area contributed by atoms with Gasteiger partial charge >= 0.3 is 0 Å². The molecule has 1 aromatic rings. The lowest BCUT2D eigenvalue weighted by atomic mass is 10.1. The number of anilines is 1. The summed E-state index contributed by atoms with van der Waals surface area (Å²) in [5.74, 6) is 0.595. The van der Waals surface area contributed by atoms with Gasteiger partial charge in [0.15, 0.2) is 0 Å². The normalized spacial score (nSPS) is 12.2. The summed E-state index contributed by atoms with van der Waals surface area (Å²) in [6.45, 7) is 4.57. The van der Waals surface area contributed by atoms with E-state index < -0.39 is 12.0 Å². The predicted octanol–water partition coefficient (Wildman–Crippen LogP) is 2.30. The average Bonchev–Trinajstić information content (AvgIpc) is 2.34. The van der Waals surface area contributed by atoms with Gasteiger partial charge in [-0.25, -0.2) is 13.8 Å². The number of halogens is 2. The number of aromatic nitrogens is 2. The highest BCUT2D eigenvalue weighted by atomic mass is 32.1. The Morgan fingerprint density at radius 2 is 2.08 bits per heavy atom. The van der Waals surface area contributed by atoms with Crippen molar-refractivity contribution in [3.63, 3.8) is 0 Å². The minimum atomic E-state index is -2.43. The van der Waals surface area contributed by atoms with Crippen LogP contribution < -0.4 is 5.32 Å². The number of alkyl halides is 2. The first-order chi connectivity index (χ1) is 5.92. The van der Waals surface area contributed by atoms with E-state index in [1.165, 1.54) is 13.8 Å². The number of aryl methyl sites for hydroxylation is 1. The molecule has 13 heavy (non-hydrogen) atoms. The smallest absolute Gasteiger partial charge is 0.260 e. The molecule has 0 radical (unpaired) electrons. The van der Waals surface area contributed by atoms with Crippen molar-refractivity contribution in [1.29, 1.82) is 0 Å². The Bertz CT molecular complexity index is 285. The van der Waals surface area contributed by atoms with Crippen LogP contribution in [0.2, 0.25) is 0 Å². The number of hydrogen-bond acceptors (Lipinski definition) is 4. The number of nitrogens with one attached hydrogen (secondary N) is 1. The summed E-state index contributed by atoms with van der Waals surface area (Å²) in [5.41, 5.74) is -1.26. The monoisotopic (exact) mass is 207 g/mol. The molecule has 0 unspecified atom stereocenters. The zero-order chi connectivity index (χ0) is 10.1. The minimum absolute atomic E-state index is 0.433. The fourth-order valence-electron chi connectivity index (χ4n) is 0.678. The van der Waals surface area contributed by atoms with Gasteiger partial charge in [-0.2, -0.15) is 4.37 Å². The summed E-state index contributed by atoms with van der Waals surface area (Å²) in [6.07, 6.45) is -2.43. The molecule has 0 atom stereocenters. The Hall–Kier alpha value is -0.780. The van der Waals surface area contributed by atoms with Crippen LogP contribution in [0.1, 0.15) is 19.7 Å². The van der Waals surface area contributed by atoms with Crippen molar-refractivity contribution in [3.05, 3.63) is 5.82 Å². The zero-order valence-corrected chi connectivity index (χ0v) is 8.45. The fraction of sp³-hybridized carbons (Fsp3) is 0.714. The number of nitrogens with zero attached hydrogens (tertiary/aromatic N) is 2. The van der Waals surface area contributed by atoms with Gasteiger partial charge in [0.25, 0.3) is 6.43 Å². The third kappa shape index (κ3) is 2.58. The van der Waals surface area contributed by atoms with Gasteiger partial charge in [0.05, 0.1) is 5.54 Å². The molecular weight excluding hydrogens is 196 g/mol. The summed E-state index contributed by atoms with van der Waals surface area (Å²) < 4.78 is 28.7. The van der Waals surface area contributed by atoms with Crippen LogP contribution in [0.25, 0.3) is 0 Å². The Morgan fingerprint density at radius 3 is 2.46 bits per heavy atom. The fourth-order valence-corrected chi connectivity index (χ4v) is 1.42. The molecule has 0 amide bonds. The first-order valence-corrected chi connectivity index (χ1v) is 4.56. The van der Waals surface area contributed by atoms with Gasteiger partial charge < -0.3 is 5.32 Å².